The van der Waals surface area contributed by atoms with E-state index in [-0.39, 0.29) is 25.2 Å². The van der Waals surface area contributed by atoms with Crippen molar-refractivity contribution in [2.45, 2.75) is 19.1 Å². The van der Waals surface area contributed by atoms with Gasteiger partial charge in [0.1, 0.15) is 12.5 Å². The largest absolute Gasteiger partial charge is 0.380 e. The molecular weight excluding hydrogens is 285 g/mol. The summed E-state index contributed by atoms with van der Waals surface area (Å²) >= 11 is 0. The summed E-state index contributed by atoms with van der Waals surface area (Å²) in [5.41, 5.74) is 7.15. The highest BCUT2D eigenvalue weighted by Gasteiger charge is 2.28. The molecule has 22 heavy (non-hydrogen) atoms. The predicted octanol–water partition coefficient (Wildman–Crippen LogP) is 1.40. The number of aliphatic hydroxyl groups is 1. The van der Waals surface area contributed by atoms with Crippen molar-refractivity contribution in [2.75, 3.05) is 13.8 Å². The number of nitrogens with zero attached hydrogens (tertiary/aromatic N) is 1. The molecule has 3 rings (SSSR count). The summed E-state index contributed by atoms with van der Waals surface area (Å²) in [5.74, 6) is -0.283. The molecule has 3 N–H and O–H groups in total. The summed E-state index contributed by atoms with van der Waals surface area (Å²) in [7, 11) is 1.54. The Kier molecular flexibility index (Phi) is 4.22. The lowest BCUT2D eigenvalue weighted by Gasteiger charge is -2.18. The van der Waals surface area contributed by atoms with Crippen LogP contribution >= 0.6 is 0 Å². The van der Waals surface area contributed by atoms with Crippen molar-refractivity contribution in [3.8, 4) is 0 Å². The van der Waals surface area contributed by atoms with Crippen LogP contribution in [0.1, 0.15) is 17.5 Å². The molecule has 1 atom stereocenters. The summed E-state index contributed by atoms with van der Waals surface area (Å²) in [6.07, 6.45) is 4.76. The normalized spacial score (nSPS) is 19.8. The third-order valence-corrected chi connectivity index (χ3v) is 3.77. The van der Waals surface area contributed by atoms with E-state index >= 15 is 0 Å². The Morgan fingerprint density at radius 3 is 3.14 bits per heavy atom. The van der Waals surface area contributed by atoms with Crippen LogP contribution in [0, 0.1) is 5.82 Å². The van der Waals surface area contributed by atoms with Gasteiger partial charge in [-0.05, 0) is 30.7 Å². The lowest BCUT2D eigenvalue weighted by Crippen LogP contribution is -2.26. The predicted molar refractivity (Wildman–Crippen MR) is 81.6 cm³/mol. The topological polar surface area (TPSA) is 65.9 Å². The van der Waals surface area contributed by atoms with E-state index in [2.05, 4.69) is 15.8 Å². The molecule has 0 bridgehead atoms. The van der Waals surface area contributed by atoms with Gasteiger partial charge in [-0.25, -0.2) is 4.39 Å². The second kappa shape index (κ2) is 6.29. The highest BCUT2D eigenvalue weighted by Crippen LogP contribution is 2.26. The minimum absolute atomic E-state index is 0.116. The zero-order valence-electron chi connectivity index (χ0n) is 12.3. The number of hydrazone groups is 1. The quantitative estimate of drug-likeness (QED) is 0.720. The number of fused-ring (bicyclic) bond motifs is 1. The van der Waals surface area contributed by atoms with Crippen LogP contribution in [-0.4, -0.2) is 30.7 Å². The fraction of sp³-hybridized carbons (Fsp3) is 0.312. The molecule has 0 saturated carbocycles. The fourth-order valence-electron chi connectivity index (χ4n) is 2.70. The Bertz CT molecular complexity index is 667. The molecular formula is C16H18FN3O2. The van der Waals surface area contributed by atoms with E-state index < -0.39 is 0 Å². The van der Waals surface area contributed by atoms with Gasteiger partial charge in [0.2, 0.25) is 0 Å². The molecule has 0 saturated heterocycles. The SMILES string of the molecule is COCc1cc(C2=NNC3CC=C(NCO)C=C23)ccc1F. The number of aliphatic hydroxyl groups excluding tert-OH is 1. The second-order valence-corrected chi connectivity index (χ2v) is 5.21. The minimum Gasteiger partial charge on any atom is -0.380 e. The Balaban J connectivity index is 1.92. The van der Waals surface area contributed by atoms with Crippen LogP contribution in [0.3, 0.4) is 0 Å². The van der Waals surface area contributed by atoms with E-state index in [1.165, 1.54) is 13.2 Å². The first kappa shape index (κ1) is 14.7. The number of hydrogen-bond acceptors (Lipinski definition) is 5. The molecule has 1 unspecified atom stereocenters. The van der Waals surface area contributed by atoms with Gasteiger partial charge in [0, 0.05) is 29.5 Å². The van der Waals surface area contributed by atoms with E-state index in [1.807, 2.05) is 12.2 Å². The molecule has 6 heteroatoms. The zero-order chi connectivity index (χ0) is 15.5. The third-order valence-electron chi connectivity index (χ3n) is 3.77. The summed E-state index contributed by atoms with van der Waals surface area (Å²) in [5, 5.41) is 16.3. The first-order chi connectivity index (χ1) is 10.7. The van der Waals surface area contributed by atoms with Gasteiger partial charge >= 0.3 is 0 Å². The highest BCUT2D eigenvalue weighted by molar-refractivity contribution is 6.14. The fourth-order valence-corrected chi connectivity index (χ4v) is 2.70. The van der Waals surface area contributed by atoms with E-state index in [1.54, 1.807) is 12.1 Å². The number of ether oxygens (including phenoxy) is 1. The number of methoxy groups -OCH3 is 1. The molecule has 0 aromatic heterocycles. The Hall–Kier alpha value is -2.18. The maximum absolute atomic E-state index is 13.7. The maximum atomic E-state index is 13.7. The minimum atomic E-state index is -0.283. The lowest BCUT2D eigenvalue weighted by atomic mass is 9.91. The molecule has 5 nitrogen and oxygen atoms in total. The highest BCUT2D eigenvalue weighted by atomic mass is 19.1. The van der Waals surface area contributed by atoms with Gasteiger partial charge in [-0.2, -0.15) is 5.10 Å². The van der Waals surface area contributed by atoms with Crippen LogP contribution in [0.2, 0.25) is 0 Å². The molecule has 1 heterocycles. The summed E-state index contributed by atoms with van der Waals surface area (Å²) in [6, 6.07) is 5.04. The van der Waals surface area contributed by atoms with Crippen molar-refractivity contribution in [2.24, 2.45) is 5.10 Å². The molecule has 116 valence electrons. The van der Waals surface area contributed by atoms with E-state index in [4.69, 9.17) is 9.84 Å². The maximum Gasteiger partial charge on any atom is 0.128 e. The molecule has 0 spiro atoms. The van der Waals surface area contributed by atoms with Gasteiger partial charge < -0.3 is 20.6 Å². The summed E-state index contributed by atoms with van der Waals surface area (Å²) < 4.78 is 18.8. The van der Waals surface area contributed by atoms with Crippen LogP contribution in [0.25, 0.3) is 0 Å². The molecule has 1 aliphatic carbocycles. The molecule has 1 aromatic carbocycles. The van der Waals surface area contributed by atoms with Crippen LogP contribution in [0.15, 0.2) is 46.7 Å². The smallest absolute Gasteiger partial charge is 0.128 e. The van der Waals surface area contributed by atoms with Crippen molar-refractivity contribution in [1.29, 1.82) is 0 Å². The lowest BCUT2D eigenvalue weighted by molar-refractivity contribution is 0.181. The van der Waals surface area contributed by atoms with Gasteiger partial charge in [-0.15, -0.1) is 0 Å². The van der Waals surface area contributed by atoms with Gasteiger partial charge in [0.25, 0.3) is 0 Å². The third kappa shape index (κ3) is 2.75. The molecule has 0 fully saturated rings. The summed E-state index contributed by atoms with van der Waals surface area (Å²) in [4.78, 5) is 0. The summed E-state index contributed by atoms with van der Waals surface area (Å²) in [6.45, 7) is 0.106. The molecule has 1 aliphatic heterocycles. The van der Waals surface area contributed by atoms with E-state index in [0.717, 1.165) is 29.0 Å². The monoisotopic (exact) mass is 303 g/mol. The van der Waals surface area contributed by atoms with Gasteiger partial charge in [0.15, 0.2) is 0 Å². The van der Waals surface area contributed by atoms with Gasteiger partial charge in [-0.1, -0.05) is 6.08 Å². The van der Waals surface area contributed by atoms with Crippen molar-refractivity contribution in [3.63, 3.8) is 0 Å². The van der Waals surface area contributed by atoms with Crippen LogP contribution in [-0.2, 0) is 11.3 Å². The van der Waals surface area contributed by atoms with Gasteiger partial charge in [-0.3, -0.25) is 0 Å². The average molecular weight is 303 g/mol. The Morgan fingerprint density at radius 2 is 2.36 bits per heavy atom. The molecule has 2 aliphatic rings. The molecule has 1 aromatic rings. The first-order valence-electron chi connectivity index (χ1n) is 7.10. The molecule has 0 amide bonds. The number of halogens is 1. The number of allylic oxidation sites excluding steroid dienone is 1. The zero-order valence-corrected chi connectivity index (χ0v) is 12.3. The van der Waals surface area contributed by atoms with Crippen molar-refractivity contribution in [1.82, 2.24) is 10.7 Å². The molecule has 0 radical (unpaired) electrons. The number of benzene rings is 1. The second-order valence-electron chi connectivity index (χ2n) is 5.21. The van der Waals surface area contributed by atoms with E-state index in [9.17, 15) is 4.39 Å². The van der Waals surface area contributed by atoms with Crippen LogP contribution in [0.4, 0.5) is 4.39 Å². The Morgan fingerprint density at radius 1 is 1.50 bits per heavy atom. The first-order valence-corrected chi connectivity index (χ1v) is 7.10. The number of hydrogen-bond donors (Lipinski definition) is 3. The van der Waals surface area contributed by atoms with Gasteiger partial charge in [0.05, 0.1) is 18.4 Å². The van der Waals surface area contributed by atoms with E-state index in [0.29, 0.717) is 5.56 Å². The Labute approximate surface area is 128 Å². The standard InChI is InChI=1S/C16H18FN3O2/c1-22-8-11-6-10(2-4-14(11)17)16-13-7-12(18-9-21)3-5-15(13)19-20-16/h2-4,6-7,15,18-19,21H,5,8-9H2,1H3. The van der Waals surface area contributed by atoms with Crippen molar-refractivity contribution in [3.05, 3.63) is 58.6 Å². The van der Waals surface area contributed by atoms with Crippen LogP contribution < -0.4 is 10.7 Å². The van der Waals surface area contributed by atoms with Crippen molar-refractivity contribution >= 4 is 5.71 Å². The number of nitrogens with one attached hydrogen (secondary N) is 2. The number of rotatable bonds is 5. The average Bonchev–Trinajstić information content (AvgIpc) is 2.93. The van der Waals surface area contributed by atoms with Crippen molar-refractivity contribution < 1.29 is 14.2 Å². The van der Waals surface area contributed by atoms with Crippen LogP contribution in [0.5, 0.6) is 0 Å².